The molecule has 4 N–H and O–H groups in total. The number of carbonyl (C=O) groups is 1. The summed E-state index contributed by atoms with van der Waals surface area (Å²) in [5, 5.41) is 20.6. The Labute approximate surface area is 72.5 Å². The van der Waals surface area contributed by atoms with E-state index in [1.165, 1.54) is 0 Å². The number of carboxylic acid groups (broad SMARTS) is 1. The van der Waals surface area contributed by atoms with E-state index in [0.717, 1.165) is 0 Å². The van der Waals surface area contributed by atoms with Gasteiger partial charge in [-0.3, -0.25) is 4.79 Å². The maximum atomic E-state index is 10.3. The fourth-order valence-electron chi connectivity index (χ4n) is 0.761. The minimum atomic E-state index is -1.33. The standard InChI is InChI=1S/C5H7ClN2O4/c6-4-2(9)3(12-8-4)1(7)5(10)11/h1-3,9H,7H2,(H,10,11)/t1-,2+,3-/m0/s1. The number of aliphatic hydroxyl groups excluding tert-OH is 1. The molecular weight excluding hydrogens is 188 g/mol. The summed E-state index contributed by atoms with van der Waals surface area (Å²) in [6.45, 7) is 0. The highest BCUT2D eigenvalue weighted by atomic mass is 35.5. The largest absolute Gasteiger partial charge is 0.480 e. The number of nitrogens with two attached hydrogens (primary N) is 1. The molecule has 1 aliphatic heterocycles. The molecular formula is C5H7ClN2O4. The maximum absolute atomic E-state index is 10.3. The van der Waals surface area contributed by atoms with Gasteiger partial charge in [-0.05, 0) is 0 Å². The number of rotatable bonds is 2. The van der Waals surface area contributed by atoms with Crippen molar-refractivity contribution in [2.45, 2.75) is 18.2 Å². The van der Waals surface area contributed by atoms with Gasteiger partial charge in [-0.1, -0.05) is 16.8 Å². The zero-order chi connectivity index (χ0) is 9.30. The Kier molecular flexibility index (Phi) is 2.51. The number of halogens is 1. The van der Waals surface area contributed by atoms with Gasteiger partial charge in [-0.15, -0.1) is 0 Å². The van der Waals surface area contributed by atoms with Gasteiger partial charge in [-0.2, -0.15) is 0 Å². The molecule has 0 aromatic rings. The highest BCUT2D eigenvalue weighted by molar-refractivity contribution is 6.66. The summed E-state index contributed by atoms with van der Waals surface area (Å²) in [6.07, 6.45) is -2.35. The number of oxime groups is 1. The number of hydrogen-bond acceptors (Lipinski definition) is 5. The van der Waals surface area contributed by atoms with Gasteiger partial charge in [0.2, 0.25) is 0 Å². The van der Waals surface area contributed by atoms with Crippen LogP contribution >= 0.6 is 11.6 Å². The lowest BCUT2D eigenvalue weighted by molar-refractivity contribution is -0.143. The summed E-state index contributed by atoms with van der Waals surface area (Å²) >= 11 is 5.33. The zero-order valence-corrected chi connectivity index (χ0v) is 6.60. The minimum absolute atomic E-state index is 0.184. The second kappa shape index (κ2) is 3.26. The van der Waals surface area contributed by atoms with Gasteiger partial charge in [-0.25, -0.2) is 0 Å². The molecule has 0 radical (unpaired) electrons. The lowest BCUT2D eigenvalue weighted by Gasteiger charge is -2.15. The summed E-state index contributed by atoms with van der Waals surface area (Å²) in [5.41, 5.74) is 5.16. The van der Waals surface area contributed by atoms with Crippen LogP contribution in [0.2, 0.25) is 0 Å². The monoisotopic (exact) mass is 194 g/mol. The van der Waals surface area contributed by atoms with Gasteiger partial charge in [0, 0.05) is 0 Å². The fourth-order valence-corrected chi connectivity index (χ4v) is 0.925. The van der Waals surface area contributed by atoms with E-state index >= 15 is 0 Å². The minimum Gasteiger partial charge on any atom is -0.480 e. The average Bonchev–Trinajstić information content (AvgIpc) is 2.32. The van der Waals surface area contributed by atoms with Crippen LogP contribution < -0.4 is 5.73 Å². The van der Waals surface area contributed by atoms with E-state index in [9.17, 15) is 4.79 Å². The van der Waals surface area contributed by atoms with Crippen LogP contribution in [0, 0.1) is 0 Å². The van der Waals surface area contributed by atoms with Crippen LogP contribution in [0.25, 0.3) is 0 Å². The topological polar surface area (TPSA) is 105 Å². The lowest BCUT2D eigenvalue weighted by Crippen LogP contribution is -2.48. The van der Waals surface area contributed by atoms with Gasteiger partial charge >= 0.3 is 5.97 Å². The molecule has 1 aliphatic rings. The third-order valence-corrected chi connectivity index (χ3v) is 1.75. The van der Waals surface area contributed by atoms with Crippen LogP contribution in [0.3, 0.4) is 0 Å². The molecule has 0 spiro atoms. The molecule has 0 aliphatic carbocycles. The summed E-state index contributed by atoms with van der Waals surface area (Å²) < 4.78 is 0. The quantitative estimate of drug-likeness (QED) is 0.507. The first-order valence-electron chi connectivity index (χ1n) is 3.09. The molecule has 6 nitrogen and oxygen atoms in total. The molecule has 0 bridgehead atoms. The van der Waals surface area contributed by atoms with E-state index < -0.39 is 24.2 Å². The SMILES string of the molecule is N[C@H](C(=O)O)[C@@H]1ON=C(Cl)[C@@H]1O. The number of nitrogens with zero attached hydrogens (tertiary/aromatic N) is 1. The van der Waals surface area contributed by atoms with Crippen molar-refractivity contribution in [2.75, 3.05) is 0 Å². The molecule has 1 heterocycles. The Morgan fingerprint density at radius 1 is 1.83 bits per heavy atom. The summed E-state index contributed by atoms with van der Waals surface area (Å²) in [5.74, 6) is -1.28. The third-order valence-electron chi connectivity index (χ3n) is 1.46. The molecule has 12 heavy (non-hydrogen) atoms. The zero-order valence-electron chi connectivity index (χ0n) is 5.85. The van der Waals surface area contributed by atoms with E-state index in [2.05, 4.69) is 9.99 Å². The smallest absolute Gasteiger partial charge is 0.324 e. The molecule has 1 rings (SSSR count). The van der Waals surface area contributed by atoms with Crippen LogP contribution in [0.4, 0.5) is 0 Å². The normalized spacial score (nSPS) is 30.8. The Morgan fingerprint density at radius 2 is 2.42 bits per heavy atom. The van der Waals surface area contributed by atoms with Crippen molar-refractivity contribution in [1.29, 1.82) is 0 Å². The van der Waals surface area contributed by atoms with E-state index in [4.69, 9.17) is 27.5 Å². The van der Waals surface area contributed by atoms with Crippen molar-refractivity contribution in [3.63, 3.8) is 0 Å². The van der Waals surface area contributed by atoms with Gasteiger partial charge < -0.3 is 20.8 Å². The van der Waals surface area contributed by atoms with Gasteiger partial charge in [0.1, 0.15) is 6.04 Å². The molecule has 0 aromatic carbocycles. The van der Waals surface area contributed by atoms with Gasteiger partial charge in [0.25, 0.3) is 0 Å². The highest BCUT2D eigenvalue weighted by Gasteiger charge is 2.39. The van der Waals surface area contributed by atoms with Crippen molar-refractivity contribution in [3.05, 3.63) is 0 Å². The Balaban J connectivity index is 2.63. The molecule has 0 aromatic heterocycles. The first kappa shape index (κ1) is 9.24. The van der Waals surface area contributed by atoms with Crippen molar-refractivity contribution in [1.82, 2.24) is 0 Å². The molecule has 0 fully saturated rings. The maximum Gasteiger partial charge on any atom is 0.324 e. The summed E-state index contributed by atoms with van der Waals surface area (Å²) in [4.78, 5) is 14.8. The number of aliphatic carboxylic acids is 1. The average molecular weight is 195 g/mol. The second-order valence-corrected chi connectivity index (χ2v) is 2.68. The highest BCUT2D eigenvalue weighted by Crippen LogP contribution is 2.16. The first-order valence-corrected chi connectivity index (χ1v) is 3.47. The van der Waals surface area contributed by atoms with Crippen LogP contribution in [0.1, 0.15) is 0 Å². The first-order chi connectivity index (χ1) is 5.54. The summed E-state index contributed by atoms with van der Waals surface area (Å²) in [6, 6.07) is -1.33. The molecule has 68 valence electrons. The Bertz CT molecular complexity index is 231. The predicted molar refractivity (Wildman–Crippen MR) is 39.8 cm³/mol. The number of hydrogen-bond donors (Lipinski definition) is 3. The van der Waals surface area contributed by atoms with Gasteiger partial charge in [0.05, 0.1) is 0 Å². The van der Waals surface area contributed by atoms with Crippen molar-refractivity contribution >= 4 is 22.7 Å². The third kappa shape index (κ3) is 1.50. The Morgan fingerprint density at radius 3 is 2.75 bits per heavy atom. The van der Waals surface area contributed by atoms with Crippen LogP contribution in [0.5, 0.6) is 0 Å². The molecule has 0 amide bonds. The van der Waals surface area contributed by atoms with Crippen LogP contribution in [-0.4, -0.2) is 39.6 Å². The number of carboxylic acids is 1. The summed E-state index contributed by atoms with van der Waals surface area (Å²) in [7, 11) is 0. The van der Waals surface area contributed by atoms with Crippen molar-refractivity contribution < 1.29 is 19.8 Å². The lowest BCUT2D eigenvalue weighted by atomic mass is 10.1. The Hall–Kier alpha value is -0.850. The van der Waals surface area contributed by atoms with E-state index in [0.29, 0.717) is 0 Å². The van der Waals surface area contributed by atoms with Crippen LogP contribution in [0.15, 0.2) is 5.16 Å². The molecule has 7 heteroatoms. The van der Waals surface area contributed by atoms with Crippen molar-refractivity contribution in [2.24, 2.45) is 10.9 Å². The second-order valence-electron chi connectivity index (χ2n) is 2.29. The molecule has 0 saturated carbocycles. The molecule has 0 unspecified atom stereocenters. The predicted octanol–water partition coefficient (Wildman–Crippen LogP) is -1.29. The fraction of sp³-hybridized carbons (Fsp3) is 0.600. The van der Waals surface area contributed by atoms with Crippen molar-refractivity contribution in [3.8, 4) is 0 Å². The van der Waals surface area contributed by atoms with Crippen LogP contribution in [-0.2, 0) is 9.63 Å². The van der Waals surface area contributed by atoms with E-state index in [-0.39, 0.29) is 5.17 Å². The molecule has 0 saturated heterocycles. The van der Waals surface area contributed by atoms with E-state index in [1.54, 1.807) is 0 Å². The number of aliphatic hydroxyl groups is 1. The van der Waals surface area contributed by atoms with Gasteiger partial charge in [0.15, 0.2) is 17.4 Å². The molecule has 3 atom stereocenters. The van der Waals surface area contributed by atoms with E-state index in [1.807, 2.05) is 0 Å².